The van der Waals surface area contributed by atoms with Gasteiger partial charge in [0.2, 0.25) is 5.88 Å². The molecule has 1 aromatic heterocycles. The van der Waals surface area contributed by atoms with E-state index in [-0.39, 0.29) is 11.5 Å². The fourth-order valence-corrected chi connectivity index (χ4v) is 2.60. The fraction of sp³-hybridized carbons (Fsp3) is 0.750. The minimum atomic E-state index is -0.126. The van der Waals surface area contributed by atoms with E-state index in [2.05, 4.69) is 30.7 Å². The van der Waals surface area contributed by atoms with Crippen molar-refractivity contribution in [1.82, 2.24) is 9.97 Å². The van der Waals surface area contributed by atoms with Crippen LogP contribution in [0.1, 0.15) is 70.7 Å². The molecule has 1 aliphatic carbocycles. The SMILES string of the molecule is Cc1c(Cl)nc(C(C)(C)C)nc1OC1CCCCCC1. The Morgan fingerprint density at radius 2 is 1.65 bits per heavy atom. The molecule has 20 heavy (non-hydrogen) atoms. The van der Waals surface area contributed by atoms with Crippen molar-refractivity contribution in [3.05, 3.63) is 16.5 Å². The zero-order valence-electron chi connectivity index (χ0n) is 13.0. The van der Waals surface area contributed by atoms with E-state index in [1.807, 2.05) is 6.92 Å². The summed E-state index contributed by atoms with van der Waals surface area (Å²) >= 11 is 6.24. The average molecular weight is 297 g/mol. The van der Waals surface area contributed by atoms with E-state index in [0.717, 1.165) is 24.2 Å². The fourth-order valence-electron chi connectivity index (χ4n) is 2.44. The lowest BCUT2D eigenvalue weighted by molar-refractivity contribution is 0.173. The molecule has 0 amide bonds. The third kappa shape index (κ3) is 3.85. The Bertz CT molecular complexity index is 460. The van der Waals surface area contributed by atoms with Gasteiger partial charge in [0, 0.05) is 11.0 Å². The third-order valence-corrected chi connectivity index (χ3v) is 4.16. The van der Waals surface area contributed by atoms with E-state index < -0.39 is 0 Å². The van der Waals surface area contributed by atoms with Gasteiger partial charge in [-0.15, -0.1) is 0 Å². The van der Waals surface area contributed by atoms with E-state index in [9.17, 15) is 0 Å². The molecule has 1 fully saturated rings. The van der Waals surface area contributed by atoms with Gasteiger partial charge in [-0.3, -0.25) is 0 Å². The van der Waals surface area contributed by atoms with Gasteiger partial charge in [-0.25, -0.2) is 4.98 Å². The molecule has 0 radical (unpaired) electrons. The highest BCUT2D eigenvalue weighted by molar-refractivity contribution is 6.30. The van der Waals surface area contributed by atoms with Crippen LogP contribution >= 0.6 is 11.6 Å². The number of ether oxygens (including phenoxy) is 1. The Morgan fingerprint density at radius 3 is 2.20 bits per heavy atom. The predicted molar refractivity (Wildman–Crippen MR) is 82.6 cm³/mol. The maximum atomic E-state index is 6.24. The van der Waals surface area contributed by atoms with E-state index >= 15 is 0 Å². The number of aromatic nitrogens is 2. The summed E-state index contributed by atoms with van der Waals surface area (Å²) < 4.78 is 6.15. The standard InChI is InChI=1S/C16H25ClN2O/c1-11-13(17)18-15(16(2,3)4)19-14(11)20-12-9-7-5-6-8-10-12/h12H,5-10H2,1-4H3. The minimum Gasteiger partial charge on any atom is -0.474 e. The van der Waals surface area contributed by atoms with E-state index in [4.69, 9.17) is 16.3 Å². The first-order chi connectivity index (χ1) is 9.38. The number of hydrogen-bond acceptors (Lipinski definition) is 3. The van der Waals surface area contributed by atoms with Gasteiger partial charge in [0.25, 0.3) is 0 Å². The number of rotatable bonds is 2. The highest BCUT2D eigenvalue weighted by atomic mass is 35.5. The summed E-state index contributed by atoms with van der Waals surface area (Å²) in [5.74, 6) is 1.42. The van der Waals surface area contributed by atoms with Crippen LogP contribution in [0.15, 0.2) is 0 Å². The molecule has 112 valence electrons. The van der Waals surface area contributed by atoms with E-state index in [1.54, 1.807) is 0 Å². The molecule has 3 nitrogen and oxygen atoms in total. The summed E-state index contributed by atoms with van der Waals surface area (Å²) in [4.78, 5) is 9.00. The largest absolute Gasteiger partial charge is 0.474 e. The highest BCUT2D eigenvalue weighted by Gasteiger charge is 2.23. The summed E-state index contributed by atoms with van der Waals surface area (Å²) in [7, 11) is 0. The van der Waals surface area contributed by atoms with Crippen molar-refractivity contribution in [1.29, 1.82) is 0 Å². The Balaban J connectivity index is 2.23. The Hall–Kier alpha value is -0.830. The lowest BCUT2D eigenvalue weighted by Crippen LogP contribution is -2.21. The first-order valence-electron chi connectivity index (χ1n) is 7.59. The third-order valence-electron chi connectivity index (χ3n) is 3.79. The van der Waals surface area contributed by atoms with Gasteiger partial charge in [-0.05, 0) is 32.6 Å². The van der Waals surface area contributed by atoms with Crippen LogP contribution in [0.2, 0.25) is 5.15 Å². The predicted octanol–water partition coefficient (Wildman–Crippen LogP) is 4.84. The molecule has 1 aliphatic rings. The van der Waals surface area contributed by atoms with Gasteiger partial charge in [0.1, 0.15) is 17.1 Å². The molecular weight excluding hydrogens is 272 g/mol. The molecular formula is C16H25ClN2O. The minimum absolute atomic E-state index is 0.126. The molecule has 0 aromatic carbocycles. The molecule has 0 unspecified atom stereocenters. The normalized spacial score (nSPS) is 17.9. The second kappa shape index (κ2) is 6.30. The summed E-state index contributed by atoms with van der Waals surface area (Å²) in [6.07, 6.45) is 7.63. The maximum Gasteiger partial charge on any atom is 0.221 e. The first kappa shape index (κ1) is 15.6. The van der Waals surface area contributed by atoms with E-state index in [1.165, 1.54) is 25.7 Å². The summed E-state index contributed by atoms with van der Waals surface area (Å²) in [5, 5.41) is 0.508. The second-order valence-corrected chi connectivity index (χ2v) is 7.11. The molecule has 0 aliphatic heterocycles. The summed E-state index contributed by atoms with van der Waals surface area (Å²) in [6, 6.07) is 0. The zero-order chi connectivity index (χ0) is 14.8. The van der Waals surface area contributed by atoms with Crippen molar-refractivity contribution in [2.45, 2.75) is 77.7 Å². The molecule has 0 saturated heterocycles. The molecule has 0 spiro atoms. The van der Waals surface area contributed by atoms with Crippen molar-refractivity contribution in [3.8, 4) is 5.88 Å². The molecule has 1 saturated carbocycles. The summed E-state index contributed by atoms with van der Waals surface area (Å²) in [5.41, 5.74) is 0.725. The molecule has 0 bridgehead atoms. The zero-order valence-corrected chi connectivity index (χ0v) is 13.8. The summed E-state index contributed by atoms with van der Waals surface area (Å²) in [6.45, 7) is 8.19. The topological polar surface area (TPSA) is 35.0 Å². The monoisotopic (exact) mass is 296 g/mol. The van der Waals surface area contributed by atoms with Gasteiger partial charge < -0.3 is 4.74 Å². The Kier molecular flexibility index (Phi) is 4.90. The lowest BCUT2D eigenvalue weighted by Gasteiger charge is -2.22. The smallest absolute Gasteiger partial charge is 0.221 e. The van der Waals surface area contributed by atoms with Crippen LogP contribution in [-0.2, 0) is 5.41 Å². The van der Waals surface area contributed by atoms with Gasteiger partial charge in [-0.2, -0.15) is 4.98 Å². The number of nitrogens with zero attached hydrogens (tertiary/aromatic N) is 2. The Morgan fingerprint density at radius 1 is 1.05 bits per heavy atom. The van der Waals surface area contributed by atoms with Crippen molar-refractivity contribution >= 4 is 11.6 Å². The van der Waals surface area contributed by atoms with Gasteiger partial charge in [-0.1, -0.05) is 45.2 Å². The van der Waals surface area contributed by atoms with Crippen molar-refractivity contribution in [2.75, 3.05) is 0 Å². The van der Waals surface area contributed by atoms with Crippen LogP contribution in [0.5, 0.6) is 5.88 Å². The lowest BCUT2D eigenvalue weighted by atomic mass is 9.96. The molecule has 0 N–H and O–H groups in total. The van der Waals surface area contributed by atoms with Crippen molar-refractivity contribution < 1.29 is 4.74 Å². The number of hydrogen-bond donors (Lipinski definition) is 0. The highest BCUT2D eigenvalue weighted by Crippen LogP contribution is 2.30. The number of halogens is 1. The molecule has 4 heteroatoms. The van der Waals surface area contributed by atoms with Crippen LogP contribution in [-0.4, -0.2) is 16.1 Å². The van der Waals surface area contributed by atoms with Gasteiger partial charge >= 0.3 is 0 Å². The van der Waals surface area contributed by atoms with Crippen LogP contribution < -0.4 is 4.74 Å². The first-order valence-corrected chi connectivity index (χ1v) is 7.97. The van der Waals surface area contributed by atoms with E-state index in [0.29, 0.717) is 11.0 Å². The molecule has 1 heterocycles. The van der Waals surface area contributed by atoms with Crippen LogP contribution in [0.3, 0.4) is 0 Å². The quantitative estimate of drug-likeness (QED) is 0.579. The van der Waals surface area contributed by atoms with Gasteiger partial charge in [0.05, 0.1) is 0 Å². The van der Waals surface area contributed by atoms with Gasteiger partial charge in [0.15, 0.2) is 0 Å². The second-order valence-electron chi connectivity index (χ2n) is 6.75. The van der Waals surface area contributed by atoms with Crippen molar-refractivity contribution in [2.24, 2.45) is 0 Å². The molecule has 2 rings (SSSR count). The van der Waals surface area contributed by atoms with Crippen LogP contribution in [0.4, 0.5) is 0 Å². The van der Waals surface area contributed by atoms with Crippen LogP contribution in [0.25, 0.3) is 0 Å². The average Bonchev–Trinajstić information content (AvgIpc) is 2.62. The molecule has 1 aromatic rings. The van der Waals surface area contributed by atoms with Crippen molar-refractivity contribution in [3.63, 3.8) is 0 Å². The Labute approximate surface area is 127 Å². The van der Waals surface area contributed by atoms with Crippen LogP contribution in [0, 0.1) is 6.92 Å². The molecule has 0 atom stereocenters. The maximum absolute atomic E-state index is 6.24.